The van der Waals surface area contributed by atoms with Crippen LogP contribution in [0.1, 0.15) is 24.5 Å². The Morgan fingerprint density at radius 1 is 1.23 bits per heavy atom. The van der Waals surface area contributed by atoms with Crippen molar-refractivity contribution in [2.24, 2.45) is 11.3 Å². The van der Waals surface area contributed by atoms with E-state index in [2.05, 4.69) is 36.0 Å². The molecule has 1 saturated heterocycles. The summed E-state index contributed by atoms with van der Waals surface area (Å²) in [5, 5.41) is 18.7. The summed E-state index contributed by atoms with van der Waals surface area (Å²) in [6.07, 6.45) is 5.26. The minimum Gasteiger partial charge on any atom is -0.388 e. The predicted octanol–water partition coefficient (Wildman–Crippen LogP) is 2.58. The van der Waals surface area contributed by atoms with Crippen molar-refractivity contribution >= 4 is 21.7 Å². The van der Waals surface area contributed by atoms with Gasteiger partial charge in [0.1, 0.15) is 4.60 Å². The van der Waals surface area contributed by atoms with Gasteiger partial charge in [0, 0.05) is 30.9 Å². The Hall–Kier alpha value is -1.53. The first-order valence-electron chi connectivity index (χ1n) is 7.47. The summed E-state index contributed by atoms with van der Waals surface area (Å²) in [5.41, 5.74) is 1.29. The monoisotopic (exact) mass is 360 g/mol. The summed E-state index contributed by atoms with van der Waals surface area (Å²) in [6, 6.07) is 7.74. The van der Waals surface area contributed by atoms with Gasteiger partial charge in [0.05, 0.1) is 6.10 Å². The van der Waals surface area contributed by atoms with Gasteiger partial charge in [0.2, 0.25) is 0 Å². The zero-order valence-corrected chi connectivity index (χ0v) is 13.6. The molecule has 1 aliphatic carbocycles. The van der Waals surface area contributed by atoms with Crippen molar-refractivity contribution in [1.29, 1.82) is 0 Å². The van der Waals surface area contributed by atoms with Crippen LogP contribution in [0.15, 0.2) is 41.3 Å². The molecule has 2 fully saturated rings. The zero-order chi connectivity index (χ0) is 15.2. The highest BCUT2D eigenvalue weighted by molar-refractivity contribution is 9.10. The molecule has 2 aromatic rings. The van der Waals surface area contributed by atoms with Crippen LogP contribution >= 0.6 is 15.9 Å². The van der Waals surface area contributed by atoms with Crippen LogP contribution in [0.3, 0.4) is 0 Å². The maximum absolute atomic E-state index is 10.4. The summed E-state index contributed by atoms with van der Waals surface area (Å²) in [4.78, 5) is 6.34. The van der Waals surface area contributed by atoms with Crippen molar-refractivity contribution in [1.82, 2.24) is 15.2 Å². The smallest absolute Gasteiger partial charge is 0.151 e. The van der Waals surface area contributed by atoms with Crippen LogP contribution in [0.4, 0.5) is 5.82 Å². The van der Waals surface area contributed by atoms with Crippen molar-refractivity contribution in [2.75, 3.05) is 18.0 Å². The lowest BCUT2D eigenvalue weighted by atomic mass is 9.56. The molecule has 1 saturated carbocycles. The van der Waals surface area contributed by atoms with Crippen molar-refractivity contribution in [3.8, 4) is 0 Å². The maximum Gasteiger partial charge on any atom is 0.151 e. The first-order valence-corrected chi connectivity index (χ1v) is 8.27. The number of aromatic nitrogens is 3. The number of hydrogen-bond donors (Lipinski definition) is 1. The SMILES string of the molecule is O[C@H](c1cccnc1)C1CC2(C1)CN(c1ccc(Br)nn1)C2. The van der Waals surface area contributed by atoms with Gasteiger partial charge in [0.15, 0.2) is 5.82 Å². The van der Waals surface area contributed by atoms with Crippen molar-refractivity contribution in [3.63, 3.8) is 0 Å². The quantitative estimate of drug-likeness (QED) is 0.911. The molecule has 5 nitrogen and oxygen atoms in total. The second kappa shape index (κ2) is 5.28. The predicted molar refractivity (Wildman–Crippen MR) is 86.3 cm³/mol. The largest absolute Gasteiger partial charge is 0.388 e. The van der Waals surface area contributed by atoms with Crippen LogP contribution in [0.2, 0.25) is 0 Å². The van der Waals surface area contributed by atoms with E-state index >= 15 is 0 Å². The number of hydrogen-bond acceptors (Lipinski definition) is 5. The van der Waals surface area contributed by atoms with Crippen LogP contribution in [0, 0.1) is 11.3 Å². The van der Waals surface area contributed by atoms with E-state index in [1.165, 1.54) is 0 Å². The summed E-state index contributed by atoms with van der Waals surface area (Å²) < 4.78 is 0.759. The molecule has 1 spiro atoms. The second-order valence-corrected chi connectivity index (χ2v) is 7.28. The lowest BCUT2D eigenvalue weighted by Gasteiger charge is -2.60. The number of anilines is 1. The van der Waals surface area contributed by atoms with E-state index in [1.54, 1.807) is 12.4 Å². The molecule has 0 radical (unpaired) electrons. The maximum atomic E-state index is 10.4. The highest BCUT2D eigenvalue weighted by Gasteiger charge is 2.54. The van der Waals surface area contributed by atoms with Gasteiger partial charge in [0.25, 0.3) is 0 Å². The number of nitrogens with zero attached hydrogens (tertiary/aromatic N) is 4. The van der Waals surface area contributed by atoms with Gasteiger partial charge in [-0.2, -0.15) is 0 Å². The summed E-state index contributed by atoms with van der Waals surface area (Å²) in [6.45, 7) is 2.03. The molecule has 0 unspecified atom stereocenters. The topological polar surface area (TPSA) is 62.1 Å². The first kappa shape index (κ1) is 14.1. The normalized spacial score (nSPS) is 21.3. The fourth-order valence-corrected chi connectivity index (χ4v) is 3.97. The van der Waals surface area contributed by atoms with Crippen molar-refractivity contribution < 1.29 is 5.11 Å². The Bertz CT molecular complexity index is 650. The van der Waals surface area contributed by atoms with Crippen LogP contribution in [-0.4, -0.2) is 33.4 Å². The van der Waals surface area contributed by atoms with Gasteiger partial charge in [-0.05, 0) is 58.5 Å². The number of rotatable bonds is 3. The van der Waals surface area contributed by atoms with Crippen LogP contribution in [0.25, 0.3) is 0 Å². The fraction of sp³-hybridized carbons (Fsp3) is 0.438. The molecule has 4 rings (SSSR count). The van der Waals surface area contributed by atoms with E-state index in [9.17, 15) is 5.11 Å². The average Bonchev–Trinajstić information content (AvgIpc) is 2.47. The highest BCUT2D eigenvalue weighted by Crippen LogP contribution is 2.56. The van der Waals surface area contributed by atoms with Gasteiger partial charge >= 0.3 is 0 Å². The third kappa shape index (κ3) is 2.40. The minimum atomic E-state index is -0.388. The number of pyridine rings is 1. The Balaban J connectivity index is 1.34. The molecule has 0 aromatic carbocycles. The average molecular weight is 361 g/mol. The van der Waals surface area contributed by atoms with Crippen LogP contribution < -0.4 is 4.90 Å². The third-order valence-electron chi connectivity index (χ3n) is 4.86. The Morgan fingerprint density at radius 2 is 2.05 bits per heavy atom. The first-order chi connectivity index (χ1) is 10.7. The second-order valence-electron chi connectivity index (χ2n) is 6.47. The Kier molecular flexibility index (Phi) is 3.38. The highest BCUT2D eigenvalue weighted by atomic mass is 79.9. The molecule has 0 bridgehead atoms. The lowest BCUT2D eigenvalue weighted by molar-refractivity contribution is -0.0512. The van der Waals surface area contributed by atoms with Crippen LogP contribution in [-0.2, 0) is 0 Å². The van der Waals surface area contributed by atoms with Crippen molar-refractivity contribution in [3.05, 3.63) is 46.8 Å². The van der Waals surface area contributed by atoms with Crippen molar-refractivity contribution in [2.45, 2.75) is 18.9 Å². The number of aliphatic hydroxyl groups is 1. The molecule has 3 heterocycles. The van der Waals surface area contributed by atoms with Gasteiger partial charge < -0.3 is 10.0 Å². The number of aliphatic hydroxyl groups excluding tert-OH is 1. The Morgan fingerprint density at radius 3 is 2.68 bits per heavy atom. The molecule has 1 N–H and O–H groups in total. The summed E-state index contributed by atoms with van der Waals surface area (Å²) in [7, 11) is 0. The van der Waals surface area contributed by atoms with E-state index in [4.69, 9.17) is 0 Å². The van der Waals surface area contributed by atoms with E-state index < -0.39 is 0 Å². The molecule has 1 aliphatic heterocycles. The lowest BCUT2D eigenvalue weighted by Crippen LogP contribution is -2.63. The molecule has 6 heteroatoms. The Labute approximate surface area is 137 Å². The van der Waals surface area contributed by atoms with E-state index in [1.807, 2.05) is 24.3 Å². The number of halogens is 1. The molecule has 2 aliphatic rings. The summed E-state index contributed by atoms with van der Waals surface area (Å²) in [5.74, 6) is 1.28. The standard InChI is InChI=1S/C16H17BrN4O/c17-13-3-4-14(20-19-13)21-9-16(10-21)6-12(7-16)15(22)11-2-1-5-18-8-11/h1-5,8,12,15,22H,6-7,9-10H2/t15-/m1/s1. The van der Waals surface area contributed by atoms with E-state index in [0.717, 1.165) is 41.9 Å². The minimum absolute atomic E-state index is 0.349. The molecule has 1 atom stereocenters. The molecule has 2 aromatic heterocycles. The van der Waals surface area contributed by atoms with Gasteiger partial charge in [-0.3, -0.25) is 4.98 Å². The van der Waals surface area contributed by atoms with Gasteiger partial charge in [-0.15, -0.1) is 10.2 Å². The molecule has 114 valence electrons. The van der Waals surface area contributed by atoms with E-state index in [0.29, 0.717) is 11.3 Å². The third-order valence-corrected chi connectivity index (χ3v) is 5.28. The molecule has 0 amide bonds. The summed E-state index contributed by atoms with van der Waals surface area (Å²) >= 11 is 3.30. The molecule has 22 heavy (non-hydrogen) atoms. The molecular weight excluding hydrogens is 344 g/mol. The van der Waals surface area contributed by atoms with E-state index in [-0.39, 0.29) is 6.10 Å². The van der Waals surface area contributed by atoms with Crippen LogP contribution in [0.5, 0.6) is 0 Å². The molecular formula is C16H17BrN4O. The fourth-order valence-electron chi connectivity index (χ4n) is 3.76. The van der Waals surface area contributed by atoms with Gasteiger partial charge in [-0.25, -0.2) is 0 Å². The van der Waals surface area contributed by atoms with Gasteiger partial charge in [-0.1, -0.05) is 6.07 Å². The zero-order valence-electron chi connectivity index (χ0n) is 12.1.